The van der Waals surface area contributed by atoms with E-state index in [4.69, 9.17) is 5.11 Å². The topological polar surface area (TPSA) is 55.1 Å². The number of allylic oxidation sites excluding steroid dienone is 1. The Balaban J connectivity index is 2.34. The van der Waals surface area contributed by atoms with Crippen LogP contribution in [-0.2, 0) is 17.8 Å². The lowest BCUT2D eigenvalue weighted by Gasteiger charge is -1.91. The SMILES string of the molecule is CCn1cnc(CC/C=C/C(=O)O)c1. The van der Waals surface area contributed by atoms with Crippen LogP contribution in [0.1, 0.15) is 19.0 Å². The van der Waals surface area contributed by atoms with Gasteiger partial charge in [-0.25, -0.2) is 9.78 Å². The third-order valence-electron chi connectivity index (χ3n) is 1.88. The van der Waals surface area contributed by atoms with Crippen LogP contribution < -0.4 is 0 Å². The molecule has 4 nitrogen and oxygen atoms in total. The van der Waals surface area contributed by atoms with E-state index in [1.165, 1.54) is 0 Å². The van der Waals surface area contributed by atoms with Crippen molar-refractivity contribution in [2.45, 2.75) is 26.3 Å². The minimum atomic E-state index is -0.899. The monoisotopic (exact) mass is 194 g/mol. The predicted molar refractivity (Wildman–Crippen MR) is 53.0 cm³/mol. The van der Waals surface area contributed by atoms with Gasteiger partial charge in [-0.15, -0.1) is 0 Å². The van der Waals surface area contributed by atoms with Crippen molar-refractivity contribution in [3.63, 3.8) is 0 Å². The van der Waals surface area contributed by atoms with E-state index in [1.54, 1.807) is 12.4 Å². The summed E-state index contributed by atoms with van der Waals surface area (Å²) < 4.78 is 2.00. The number of hydrogen-bond acceptors (Lipinski definition) is 2. The summed E-state index contributed by atoms with van der Waals surface area (Å²) in [6, 6.07) is 0. The minimum Gasteiger partial charge on any atom is -0.478 e. The van der Waals surface area contributed by atoms with Gasteiger partial charge in [0.25, 0.3) is 0 Å². The maximum absolute atomic E-state index is 10.2. The zero-order valence-electron chi connectivity index (χ0n) is 8.18. The molecule has 0 amide bonds. The third kappa shape index (κ3) is 3.43. The smallest absolute Gasteiger partial charge is 0.327 e. The fourth-order valence-electron chi connectivity index (χ4n) is 1.12. The van der Waals surface area contributed by atoms with Crippen LogP contribution in [-0.4, -0.2) is 20.6 Å². The molecule has 0 spiro atoms. The van der Waals surface area contributed by atoms with Gasteiger partial charge in [0.1, 0.15) is 0 Å². The number of carboxylic acid groups (broad SMARTS) is 1. The van der Waals surface area contributed by atoms with E-state index >= 15 is 0 Å². The van der Waals surface area contributed by atoms with Crippen molar-refractivity contribution in [3.8, 4) is 0 Å². The lowest BCUT2D eigenvalue weighted by Crippen LogP contribution is -1.88. The Hall–Kier alpha value is -1.58. The van der Waals surface area contributed by atoms with Gasteiger partial charge in [0, 0.05) is 18.8 Å². The number of aromatic nitrogens is 2. The summed E-state index contributed by atoms with van der Waals surface area (Å²) in [5.74, 6) is -0.899. The first-order valence-electron chi connectivity index (χ1n) is 4.62. The molecule has 0 saturated carbocycles. The van der Waals surface area contributed by atoms with Crippen LogP contribution in [0.5, 0.6) is 0 Å². The van der Waals surface area contributed by atoms with E-state index < -0.39 is 5.97 Å². The van der Waals surface area contributed by atoms with E-state index in [-0.39, 0.29) is 0 Å². The van der Waals surface area contributed by atoms with E-state index in [0.29, 0.717) is 6.42 Å². The second kappa shape index (κ2) is 5.21. The molecule has 1 rings (SSSR count). The second-order valence-corrected chi connectivity index (χ2v) is 2.97. The molecule has 1 aromatic rings. The molecular formula is C10H14N2O2. The molecule has 0 bridgehead atoms. The normalized spacial score (nSPS) is 10.9. The van der Waals surface area contributed by atoms with Crippen molar-refractivity contribution in [2.24, 2.45) is 0 Å². The van der Waals surface area contributed by atoms with Crippen molar-refractivity contribution in [2.75, 3.05) is 0 Å². The average Bonchev–Trinajstić information content (AvgIpc) is 2.60. The van der Waals surface area contributed by atoms with Crippen LogP contribution in [0.25, 0.3) is 0 Å². The fraction of sp³-hybridized carbons (Fsp3) is 0.400. The van der Waals surface area contributed by atoms with Gasteiger partial charge in [-0.1, -0.05) is 6.08 Å². The van der Waals surface area contributed by atoms with E-state index in [1.807, 2.05) is 10.8 Å². The van der Waals surface area contributed by atoms with Gasteiger partial charge >= 0.3 is 5.97 Å². The van der Waals surface area contributed by atoms with Crippen LogP contribution in [0, 0.1) is 0 Å². The number of rotatable bonds is 5. The highest BCUT2D eigenvalue weighted by Gasteiger charge is 1.95. The molecule has 0 aliphatic carbocycles. The minimum absolute atomic E-state index is 0.715. The first-order chi connectivity index (χ1) is 6.72. The van der Waals surface area contributed by atoms with Crippen LogP contribution in [0.3, 0.4) is 0 Å². The Morgan fingerprint density at radius 3 is 3.07 bits per heavy atom. The molecule has 0 radical (unpaired) electrons. The number of imidazole rings is 1. The molecule has 76 valence electrons. The molecule has 0 unspecified atom stereocenters. The van der Waals surface area contributed by atoms with Crippen molar-refractivity contribution in [1.29, 1.82) is 0 Å². The van der Waals surface area contributed by atoms with E-state index in [0.717, 1.165) is 24.7 Å². The molecule has 1 N–H and O–H groups in total. The van der Waals surface area contributed by atoms with E-state index in [9.17, 15) is 4.79 Å². The summed E-state index contributed by atoms with van der Waals surface area (Å²) in [6.07, 6.45) is 8.08. The maximum Gasteiger partial charge on any atom is 0.327 e. The van der Waals surface area contributed by atoms with Gasteiger partial charge in [-0.05, 0) is 19.8 Å². The van der Waals surface area contributed by atoms with Crippen LogP contribution in [0.15, 0.2) is 24.7 Å². The zero-order valence-corrected chi connectivity index (χ0v) is 8.18. The van der Waals surface area contributed by atoms with Crippen molar-refractivity contribution < 1.29 is 9.90 Å². The molecule has 0 aromatic carbocycles. The largest absolute Gasteiger partial charge is 0.478 e. The van der Waals surface area contributed by atoms with Crippen molar-refractivity contribution in [1.82, 2.24) is 9.55 Å². The zero-order chi connectivity index (χ0) is 10.4. The van der Waals surface area contributed by atoms with Gasteiger partial charge in [0.05, 0.1) is 12.0 Å². The number of hydrogen-bond donors (Lipinski definition) is 1. The summed E-state index contributed by atoms with van der Waals surface area (Å²) in [4.78, 5) is 14.3. The molecule has 0 aliphatic heterocycles. The summed E-state index contributed by atoms with van der Waals surface area (Å²) >= 11 is 0. The molecule has 0 atom stereocenters. The number of carboxylic acids is 1. The lowest BCUT2D eigenvalue weighted by molar-refractivity contribution is -0.131. The first-order valence-corrected chi connectivity index (χ1v) is 4.62. The van der Waals surface area contributed by atoms with Gasteiger partial charge in [-0.2, -0.15) is 0 Å². The van der Waals surface area contributed by atoms with Gasteiger partial charge < -0.3 is 9.67 Å². The molecule has 1 aromatic heterocycles. The van der Waals surface area contributed by atoms with Crippen LogP contribution in [0.4, 0.5) is 0 Å². The third-order valence-corrected chi connectivity index (χ3v) is 1.88. The van der Waals surface area contributed by atoms with Gasteiger partial charge in [-0.3, -0.25) is 0 Å². The predicted octanol–water partition coefficient (Wildman–Crippen LogP) is 1.48. The van der Waals surface area contributed by atoms with Gasteiger partial charge in [0.2, 0.25) is 0 Å². The highest BCUT2D eigenvalue weighted by Crippen LogP contribution is 2.00. The van der Waals surface area contributed by atoms with Gasteiger partial charge in [0.15, 0.2) is 0 Å². The molecule has 1 heterocycles. The first kappa shape index (κ1) is 10.5. The molecular weight excluding hydrogens is 180 g/mol. The molecule has 4 heteroatoms. The summed E-state index contributed by atoms with van der Waals surface area (Å²) in [5.41, 5.74) is 1.00. The average molecular weight is 194 g/mol. The van der Waals surface area contributed by atoms with Crippen molar-refractivity contribution >= 4 is 5.97 Å². The Morgan fingerprint density at radius 1 is 1.71 bits per heavy atom. The number of aryl methyl sites for hydroxylation is 2. The maximum atomic E-state index is 10.2. The number of carbonyl (C=O) groups is 1. The molecule has 14 heavy (non-hydrogen) atoms. The van der Waals surface area contributed by atoms with Crippen molar-refractivity contribution in [3.05, 3.63) is 30.4 Å². The highest BCUT2D eigenvalue weighted by molar-refractivity contribution is 5.79. The van der Waals surface area contributed by atoms with Crippen LogP contribution >= 0.6 is 0 Å². The quantitative estimate of drug-likeness (QED) is 0.722. The summed E-state index contributed by atoms with van der Waals surface area (Å²) in [6.45, 7) is 2.97. The highest BCUT2D eigenvalue weighted by atomic mass is 16.4. The molecule has 0 saturated heterocycles. The van der Waals surface area contributed by atoms with E-state index in [2.05, 4.69) is 11.9 Å². The summed E-state index contributed by atoms with van der Waals surface area (Å²) in [7, 11) is 0. The number of nitrogens with zero attached hydrogens (tertiary/aromatic N) is 2. The Bertz CT molecular complexity index is 329. The summed E-state index contributed by atoms with van der Waals surface area (Å²) in [5, 5.41) is 8.35. The Labute approximate surface area is 82.9 Å². The second-order valence-electron chi connectivity index (χ2n) is 2.97. The number of aliphatic carboxylic acids is 1. The molecule has 0 aliphatic rings. The lowest BCUT2D eigenvalue weighted by atomic mass is 10.2. The Kier molecular flexibility index (Phi) is 3.91. The van der Waals surface area contributed by atoms with Crippen LogP contribution in [0.2, 0.25) is 0 Å². The fourth-order valence-corrected chi connectivity index (χ4v) is 1.12. The standard InChI is InChI=1S/C10H14N2O2/c1-2-12-7-9(11-8-12)5-3-4-6-10(13)14/h4,6-8H,2-3,5H2,1H3,(H,13,14)/b6-4+. The Morgan fingerprint density at radius 2 is 2.50 bits per heavy atom. The molecule has 0 fully saturated rings.